The summed E-state index contributed by atoms with van der Waals surface area (Å²) in [6.07, 6.45) is 6.24. The number of anilines is 1. The van der Waals surface area contributed by atoms with Crippen molar-refractivity contribution in [3.63, 3.8) is 0 Å². The van der Waals surface area contributed by atoms with Gasteiger partial charge in [-0.15, -0.1) is 0 Å². The molecule has 1 heterocycles. The minimum absolute atomic E-state index is 0.0228. The van der Waals surface area contributed by atoms with E-state index in [-0.39, 0.29) is 22.0 Å². The van der Waals surface area contributed by atoms with Crippen molar-refractivity contribution in [2.75, 3.05) is 19.1 Å². The zero-order valence-corrected chi connectivity index (χ0v) is 15.1. The molecule has 0 unspecified atom stereocenters. The van der Waals surface area contributed by atoms with Gasteiger partial charge in [0.2, 0.25) is 0 Å². The van der Waals surface area contributed by atoms with Crippen LogP contribution in [-0.4, -0.2) is 31.3 Å². The number of carbonyl (C=O) groups is 2. The zero-order valence-electron chi connectivity index (χ0n) is 12.7. The molecule has 6 nitrogen and oxygen atoms in total. The monoisotopic (exact) mass is 413 g/mol. The molecular weight excluding hydrogens is 402 g/mol. The Morgan fingerprint density at radius 3 is 2.42 bits per heavy atom. The first-order chi connectivity index (χ1) is 11.4. The predicted octanol–water partition coefficient (Wildman–Crippen LogP) is 3.30. The van der Waals surface area contributed by atoms with Crippen molar-refractivity contribution in [1.29, 1.82) is 0 Å². The number of ether oxygens (including phenoxy) is 2. The van der Waals surface area contributed by atoms with Crippen LogP contribution >= 0.6 is 27.5 Å². The standard InChI is InChI=1S/C16H13BrClNO5/c1-23-15(21)10-5-3-4-6-19(13(10)16(22)24-2)9-7-11(17)14(20)12(18)8-9/h3-8,20H,1-2H3. The van der Waals surface area contributed by atoms with Gasteiger partial charge in [0.05, 0.1) is 29.3 Å². The van der Waals surface area contributed by atoms with Crippen molar-refractivity contribution in [3.8, 4) is 5.75 Å². The summed E-state index contributed by atoms with van der Waals surface area (Å²) in [5.41, 5.74) is 0.420. The van der Waals surface area contributed by atoms with Gasteiger partial charge in [-0.3, -0.25) is 0 Å². The fourth-order valence-corrected chi connectivity index (χ4v) is 2.83. The van der Waals surface area contributed by atoms with Crippen molar-refractivity contribution in [3.05, 3.63) is 57.3 Å². The maximum Gasteiger partial charge on any atom is 0.355 e. The lowest BCUT2D eigenvalue weighted by Gasteiger charge is -2.23. The number of aromatic hydroxyl groups is 1. The molecule has 1 N–H and O–H groups in total. The van der Waals surface area contributed by atoms with Gasteiger partial charge >= 0.3 is 11.9 Å². The van der Waals surface area contributed by atoms with Gasteiger partial charge in [-0.05, 0) is 40.2 Å². The number of benzene rings is 1. The molecule has 1 aliphatic rings. The summed E-state index contributed by atoms with van der Waals surface area (Å²) in [4.78, 5) is 25.8. The number of halogens is 2. The third-order valence-corrected chi connectivity index (χ3v) is 4.06. The lowest BCUT2D eigenvalue weighted by Crippen LogP contribution is -2.27. The second-order valence-corrected chi connectivity index (χ2v) is 5.84. The smallest absolute Gasteiger partial charge is 0.355 e. The molecule has 126 valence electrons. The first-order valence-corrected chi connectivity index (χ1v) is 7.80. The average Bonchev–Trinajstić information content (AvgIpc) is 2.80. The molecule has 0 amide bonds. The summed E-state index contributed by atoms with van der Waals surface area (Å²) in [6, 6.07) is 3.00. The minimum Gasteiger partial charge on any atom is -0.505 e. The van der Waals surface area contributed by atoms with Gasteiger partial charge in [0.15, 0.2) is 0 Å². The molecule has 24 heavy (non-hydrogen) atoms. The van der Waals surface area contributed by atoms with E-state index in [9.17, 15) is 14.7 Å². The number of nitrogens with zero attached hydrogens (tertiary/aromatic N) is 1. The third kappa shape index (κ3) is 3.47. The van der Waals surface area contributed by atoms with E-state index in [4.69, 9.17) is 21.1 Å². The molecule has 1 aromatic rings. The third-order valence-electron chi connectivity index (χ3n) is 3.17. The maximum atomic E-state index is 12.3. The zero-order chi connectivity index (χ0) is 17.9. The summed E-state index contributed by atoms with van der Waals surface area (Å²) in [5, 5.41) is 9.86. The van der Waals surface area contributed by atoms with E-state index < -0.39 is 11.9 Å². The molecule has 0 spiro atoms. The molecule has 0 aliphatic carbocycles. The molecule has 0 saturated carbocycles. The number of hydrogen-bond acceptors (Lipinski definition) is 6. The van der Waals surface area contributed by atoms with E-state index in [1.165, 1.54) is 31.3 Å². The van der Waals surface area contributed by atoms with Crippen LogP contribution in [0.4, 0.5) is 5.69 Å². The fraction of sp³-hybridized carbons (Fsp3) is 0.125. The number of phenols is 1. The highest BCUT2D eigenvalue weighted by atomic mass is 79.9. The molecule has 8 heteroatoms. The summed E-state index contributed by atoms with van der Waals surface area (Å²) in [5.74, 6) is -1.55. The SMILES string of the molecule is COC(=O)C1=C(C(=O)OC)N(c2cc(Cl)c(O)c(Br)c2)C=CC=C1. The van der Waals surface area contributed by atoms with E-state index in [2.05, 4.69) is 15.9 Å². The highest BCUT2D eigenvalue weighted by molar-refractivity contribution is 9.10. The van der Waals surface area contributed by atoms with Crippen LogP contribution in [0.15, 0.2) is 52.3 Å². The molecule has 0 saturated heterocycles. The lowest BCUT2D eigenvalue weighted by molar-refractivity contribution is -0.139. The van der Waals surface area contributed by atoms with E-state index >= 15 is 0 Å². The summed E-state index contributed by atoms with van der Waals surface area (Å²) in [7, 11) is 2.43. The maximum absolute atomic E-state index is 12.3. The number of methoxy groups -OCH3 is 2. The van der Waals surface area contributed by atoms with Crippen molar-refractivity contribution in [2.45, 2.75) is 0 Å². The number of rotatable bonds is 3. The van der Waals surface area contributed by atoms with Gasteiger partial charge in [-0.25, -0.2) is 9.59 Å². The molecule has 0 fully saturated rings. The van der Waals surface area contributed by atoms with Crippen molar-refractivity contribution in [1.82, 2.24) is 0 Å². The van der Waals surface area contributed by atoms with Gasteiger partial charge < -0.3 is 19.5 Å². The highest BCUT2D eigenvalue weighted by Gasteiger charge is 2.28. The molecule has 1 aromatic carbocycles. The van der Waals surface area contributed by atoms with Crippen LogP contribution in [0, 0.1) is 0 Å². The topological polar surface area (TPSA) is 76.1 Å². The van der Waals surface area contributed by atoms with Gasteiger partial charge in [-0.1, -0.05) is 17.7 Å². The Hall–Kier alpha value is -2.25. The van der Waals surface area contributed by atoms with Crippen LogP contribution in [0.5, 0.6) is 5.75 Å². The van der Waals surface area contributed by atoms with Crippen LogP contribution in [0.25, 0.3) is 0 Å². The van der Waals surface area contributed by atoms with Gasteiger partial charge in [0.1, 0.15) is 11.4 Å². The quantitative estimate of drug-likeness (QED) is 0.765. The largest absolute Gasteiger partial charge is 0.505 e. The lowest BCUT2D eigenvalue weighted by atomic mass is 10.1. The van der Waals surface area contributed by atoms with Crippen LogP contribution in [0.1, 0.15) is 0 Å². The molecule has 0 aromatic heterocycles. The minimum atomic E-state index is -0.730. The molecule has 0 atom stereocenters. The fourth-order valence-electron chi connectivity index (χ4n) is 2.06. The Kier molecular flexibility index (Phi) is 5.69. The number of esters is 2. The van der Waals surface area contributed by atoms with Crippen LogP contribution in [0.2, 0.25) is 5.02 Å². The van der Waals surface area contributed by atoms with Crippen LogP contribution in [-0.2, 0) is 19.1 Å². The molecule has 0 radical (unpaired) electrons. The van der Waals surface area contributed by atoms with E-state index in [0.717, 1.165) is 0 Å². The molecule has 2 rings (SSSR count). The number of carbonyl (C=O) groups excluding carboxylic acids is 2. The predicted molar refractivity (Wildman–Crippen MR) is 92.6 cm³/mol. The van der Waals surface area contributed by atoms with Gasteiger partial charge in [0.25, 0.3) is 0 Å². The van der Waals surface area contributed by atoms with Crippen LogP contribution < -0.4 is 4.90 Å². The van der Waals surface area contributed by atoms with E-state index in [1.54, 1.807) is 24.4 Å². The van der Waals surface area contributed by atoms with Gasteiger partial charge in [-0.2, -0.15) is 0 Å². The molecule has 0 bridgehead atoms. The van der Waals surface area contributed by atoms with Gasteiger partial charge in [0, 0.05) is 11.9 Å². The summed E-state index contributed by atoms with van der Waals surface area (Å²) in [6.45, 7) is 0. The normalized spacial score (nSPS) is 13.8. The summed E-state index contributed by atoms with van der Waals surface area (Å²) < 4.78 is 9.87. The number of allylic oxidation sites excluding steroid dienone is 2. The Bertz CT molecular complexity index is 762. The molecular formula is C16H13BrClNO5. The van der Waals surface area contributed by atoms with Crippen molar-refractivity contribution >= 4 is 45.2 Å². The second kappa shape index (κ2) is 7.55. The highest BCUT2D eigenvalue weighted by Crippen LogP contribution is 2.38. The average molecular weight is 415 g/mol. The number of hydrogen-bond donors (Lipinski definition) is 1. The van der Waals surface area contributed by atoms with Crippen LogP contribution in [0.3, 0.4) is 0 Å². The summed E-state index contributed by atoms with van der Waals surface area (Å²) >= 11 is 9.19. The Labute approximate surface area is 151 Å². The van der Waals surface area contributed by atoms with E-state index in [1.807, 2.05) is 0 Å². The number of phenolic OH excluding ortho intramolecular Hbond substituents is 1. The van der Waals surface area contributed by atoms with E-state index in [0.29, 0.717) is 10.2 Å². The molecule has 1 aliphatic heterocycles. The first kappa shape index (κ1) is 18.1. The Balaban J connectivity index is 2.70. The van der Waals surface area contributed by atoms with Crippen molar-refractivity contribution in [2.24, 2.45) is 0 Å². The first-order valence-electron chi connectivity index (χ1n) is 6.63. The van der Waals surface area contributed by atoms with Crippen molar-refractivity contribution < 1.29 is 24.2 Å². The Morgan fingerprint density at radius 2 is 1.83 bits per heavy atom. The second-order valence-electron chi connectivity index (χ2n) is 4.57. The Morgan fingerprint density at radius 1 is 1.17 bits per heavy atom.